The van der Waals surface area contributed by atoms with Crippen LogP contribution in [0.3, 0.4) is 0 Å². The summed E-state index contributed by atoms with van der Waals surface area (Å²) in [7, 11) is 0. The third kappa shape index (κ3) is 2.26. The molecule has 0 spiro atoms. The second-order valence-electron chi connectivity index (χ2n) is 3.63. The van der Waals surface area contributed by atoms with Gasteiger partial charge in [-0.3, -0.25) is 0 Å². The average Bonchev–Trinajstić information content (AvgIpc) is 2.59. The molecule has 0 bridgehead atoms. The molecule has 1 heterocycles. The predicted octanol–water partition coefficient (Wildman–Crippen LogP) is 3.90. The minimum absolute atomic E-state index is 0.239. The Balaban J connectivity index is 2.31. The number of rotatable bonds is 2. The van der Waals surface area contributed by atoms with Gasteiger partial charge in [-0.25, -0.2) is 4.39 Å². The summed E-state index contributed by atoms with van der Waals surface area (Å²) in [6, 6.07) is 7.96. The van der Waals surface area contributed by atoms with E-state index in [4.69, 9.17) is 17.3 Å². The Bertz CT molecular complexity index is 473. The Morgan fingerprint density at radius 1 is 1.31 bits per heavy atom. The van der Waals surface area contributed by atoms with Gasteiger partial charge in [-0.2, -0.15) is 0 Å². The molecule has 4 heteroatoms. The Hall–Kier alpha value is -0.900. The summed E-state index contributed by atoms with van der Waals surface area (Å²) in [5, 5.41) is 0. The molecule has 84 valence electrons. The first-order valence-electron chi connectivity index (χ1n) is 4.85. The van der Waals surface area contributed by atoms with Gasteiger partial charge >= 0.3 is 0 Å². The molecule has 1 aromatic heterocycles. The summed E-state index contributed by atoms with van der Waals surface area (Å²) >= 11 is 7.46. The molecule has 0 amide bonds. The van der Waals surface area contributed by atoms with Crippen molar-refractivity contribution in [1.82, 2.24) is 0 Å². The van der Waals surface area contributed by atoms with Crippen molar-refractivity contribution in [3.05, 3.63) is 56.5 Å². The van der Waals surface area contributed by atoms with E-state index >= 15 is 0 Å². The minimum Gasteiger partial charge on any atom is -0.320 e. The van der Waals surface area contributed by atoms with Crippen LogP contribution in [0.2, 0.25) is 4.34 Å². The van der Waals surface area contributed by atoms with Crippen molar-refractivity contribution in [1.29, 1.82) is 0 Å². The van der Waals surface area contributed by atoms with Crippen LogP contribution in [0.4, 0.5) is 4.39 Å². The van der Waals surface area contributed by atoms with Crippen LogP contribution in [0, 0.1) is 12.7 Å². The molecular formula is C12H11ClFNS. The van der Waals surface area contributed by atoms with Crippen molar-refractivity contribution in [2.45, 2.75) is 13.0 Å². The van der Waals surface area contributed by atoms with Gasteiger partial charge in [0.25, 0.3) is 0 Å². The SMILES string of the molecule is Cc1cc(C(N)c2ccc(F)cc2)sc1Cl. The smallest absolute Gasteiger partial charge is 0.123 e. The van der Waals surface area contributed by atoms with E-state index < -0.39 is 0 Å². The van der Waals surface area contributed by atoms with E-state index in [2.05, 4.69) is 0 Å². The highest BCUT2D eigenvalue weighted by Gasteiger charge is 2.13. The molecule has 2 aromatic rings. The van der Waals surface area contributed by atoms with E-state index in [9.17, 15) is 4.39 Å². The van der Waals surface area contributed by atoms with Crippen LogP contribution in [0.25, 0.3) is 0 Å². The third-order valence-electron chi connectivity index (χ3n) is 2.41. The van der Waals surface area contributed by atoms with Gasteiger partial charge in [0, 0.05) is 4.88 Å². The zero-order valence-electron chi connectivity index (χ0n) is 8.71. The molecule has 1 nitrogen and oxygen atoms in total. The molecule has 0 saturated heterocycles. The molecule has 1 atom stereocenters. The highest BCUT2D eigenvalue weighted by molar-refractivity contribution is 7.16. The van der Waals surface area contributed by atoms with E-state index in [0.717, 1.165) is 20.3 Å². The summed E-state index contributed by atoms with van der Waals surface area (Å²) in [5.74, 6) is -0.253. The molecule has 2 rings (SSSR count). The fourth-order valence-electron chi connectivity index (χ4n) is 1.47. The van der Waals surface area contributed by atoms with Crippen LogP contribution in [0.5, 0.6) is 0 Å². The lowest BCUT2D eigenvalue weighted by atomic mass is 10.1. The number of aryl methyl sites for hydroxylation is 1. The highest BCUT2D eigenvalue weighted by Crippen LogP contribution is 2.32. The van der Waals surface area contributed by atoms with E-state index in [-0.39, 0.29) is 11.9 Å². The lowest BCUT2D eigenvalue weighted by Crippen LogP contribution is -2.09. The largest absolute Gasteiger partial charge is 0.320 e. The topological polar surface area (TPSA) is 26.0 Å². The van der Waals surface area contributed by atoms with Crippen molar-refractivity contribution in [2.75, 3.05) is 0 Å². The molecule has 0 aliphatic rings. The standard InChI is InChI=1S/C12H11ClFNS/c1-7-6-10(16-12(7)13)11(15)8-2-4-9(14)5-3-8/h2-6,11H,15H2,1H3. The third-order valence-corrected chi connectivity index (χ3v) is 4.05. The lowest BCUT2D eigenvalue weighted by molar-refractivity contribution is 0.626. The van der Waals surface area contributed by atoms with Gasteiger partial charge in [0.05, 0.1) is 10.4 Å². The number of halogens is 2. The minimum atomic E-state index is -0.253. The Morgan fingerprint density at radius 3 is 2.44 bits per heavy atom. The van der Waals surface area contributed by atoms with E-state index in [1.165, 1.54) is 23.5 Å². The Kier molecular flexibility index (Phi) is 3.28. The van der Waals surface area contributed by atoms with Crippen molar-refractivity contribution in [3.63, 3.8) is 0 Å². The maximum Gasteiger partial charge on any atom is 0.123 e. The summed E-state index contributed by atoms with van der Waals surface area (Å²) in [6.45, 7) is 1.94. The summed E-state index contributed by atoms with van der Waals surface area (Å²) in [5.41, 5.74) is 7.99. The first kappa shape index (κ1) is 11.6. The van der Waals surface area contributed by atoms with Crippen molar-refractivity contribution >= 4 is 22.9 Å². The van der Waals surface area contributed by atoms with Gasteiger partial charge in [0.2, 0.25) is 0 Å². The molecule has 1 unspecified atom stereocenters. The molecular weight excluding hydrogens is 245 g/mol. The monoisotopic (exact) mass is 255 g/mol. The number of thiophene rings is 1. The van der Waals surface area contributed by atoms with Gasteiger partial charge in [-0.1, -0.05) is 23.7 Å². The van der Waals surface area contributed by atoms with E-state index in [0.29, 0.717) is 0 Å². The van der Waals surface area contributed by atoms with Crippen molar-refractivity contribution < 1.29 is 4.39 Å². The van der Waals surface area contributed by atoms with Crippen LogP contribution in [-0.4, -0.2) is 0 Å². The first-order chi connectivity index (χ1) is 7.58. The van der Waals surface area contributed by atoms with Crippen LogP contribution in [0.15, 0.2) is 30.3 Å². The fraction of sp³-hybridized carbons (Fsp3) is 0.167. The normalized spacial score (nSPS) is 12.8. The quantitative estimate of drug-likeness (QED) is 0.866. The lowest BCUT2D eigenvalue weighted by Gasteiger charge is -2.09. The number of benzene rings is 1. The summed E-state index contributed by atoms with van der Waals surface area (Å²) in [6.07, 6.45) is 0. The molecule has 0 aliphatic carbocycles. The zero-order valence-corrected chi connectivity index (χ0v) is 10.3. The molecule has 16 heavy (non-hydrogen) atoms. The van der Waals surface area contributed by atoms with E-state index in [1.54, 1.807) is 12.1 Å². The highest BCUT2D eigenvalue weighted by atomic mass is 35.5. The van der Waals surface area contributed by atoms with Gasteiger partial charge in [-0.15, -0.1) is 11.3 Å². The van der Waals surface area contributed by atoms with Crippen LogP contribution in [-0.2, 0) is 0 Å². The second kappa shape index (κ2) is 4.53. The molecule has 1 aromatic carbocycles. The van der Waals surface area contributed by atoms with E-state index in [1.807, 2.05) is 13.0 Å². The zero-order chi connectivity index (χ0) is 11.7. The fourth-order valence-corrected chi connectivity index (χ4v) is 2.72. The predicted molar refractivity (Wildman–Crippen MR) is 66.5 cm³/mol. The Morgan fingerprint density at radius 2 is 1.94 bits per heavy atom. The van der Waals surface area contributed by atoms with Gasteiger partial charge < -0.3 is 5.73 Å². The van der Waals surface area contributed by atoms with Crippen LogP contribution in [0.1, 0.15) is 22.0 Å². The molecule has 0 aliphatic heterocycles. The maximum absolute atomic E-state index is 12.8. The number of hydrogen-bond donors (Lipinski definition) is 1. The van der Waals surface area contributed by atoms with Crippen molar-refractivity contribution in [2.24, 2.45) is 5.73 Å². The van der Waals surface area contributed by atoms with Gasteiger partial charge in [0.1, 0.15) is 5.82 Å². The van der Waals surface area contributed by atoms with Crippen LogP contribution < -0.4 is 5.73 Å². The first-order valence-corrected chi connectivity index (χ1v) is 6.04. The summed E-state index contributed by atoms with van der Waals surface area (Å²) < 4.78 is 13.5. The maximum atomic E-state index is 12.8. The second-order valence-corrected chi connectivity index (χ2v) is 5.32. The summed E-state index contributed by atoms with van der Waals surface area (Å²) in [4.78, 5) is 0.995. The Labute approximate surface area is 103 Å². The molecule has 0 fully saturated rings. The van der Waals surface area contributed by atoms with Crippen molar-refractivity contribution in [3.8, 4) is 0 Å². The van der Waals surface area contributed by atoms with Gasteiger partial charge in [-0.05, 0) is 36.2 Å². The molecule has 0 radical (unpaired) electrons. The van der Waals surface area contributed by atoms with Crippen LogP contribution >= 0.6 is 22.9 Å². The molecule has 2 N–H and O–H groups in total. The number of hydrogen-bond acceptors (Lipinski definition) is 2. The number of nitrogens with two attached hydrogens (primary N) is 1. The van der Waals surface area contributed by atoms with Gasteiger partial charge in [0.15, 0.2) is 0 Å². The average molecular weight is 256 g/mol. The molecule has 0 saturated carbocycles.